The molecule has 2 aliphatic carbocycles. The van der Waals surface area contributed by atoms with E-state index < -0.39 is 5.41 Å². The smallest absolute Gasteiger partial charge is 0.161 e. The van der Waals surface area contributed by atoms with E-state index in [4.69, 9.17) is 9.47 Å². The lowest BCUT2D eigenvalue weighted by molar-refractivity contribution is 0.217. The molecule has 0 aromatic heterocycles. The molecule has 0 radical (unpaired) electrons. The second kappa shape index (κ2) is 13.6. The van der Waals surface area contributed by atoms with Gasteiger partial charge in [-0.15, -0.1) is 0 Å². The quantitative estimate of drug-likeness (QED) is 0.140. The van der Waals surface area contributed by atoms with Crippen molar-refractivity contribution in [2.45, 2.75) is 98.3 Å². The largest absolute Gasteiger partial charge is 0.489 e. The Morgan fingerprint density at radius 3 is 1.55 bits per heavy atom. The monoisotopic (exact) mass is 700 g/mol. The molecular weight excluding hydrogens is 642 g/mol. The fraction of sp³-hybridized carbons (Fsp3) is 0.388. The second-order valence-corrected chi connectivity index (χ2v) is 18.3. The minimum atomic E-state index is -0.527. The van der Waals surface area contributed by atoms with E-state index in [1.54, 1.807) is 0 Å². The Balaban J connectivity index is 1.65. The van der Waals surface area contributed by atoms with E-state index in [0.717, 1.165) is 24.3 Å². The number of ether oxygens (including phenoxy) is 2. The number of hydrogen-bond donors (Lipinski definition) is 0. The number of hydrogen-bond acceptors (Lipinski definition) is 2. The van der Waals surface area contributed by atoms with Crippen molar-refractivity contribution in [1.82, 2.24) is 0 Å². The van der Waals surface area contributed by atoms with E-state index in [1.807, 2.05) is 0 Å². The Kier molecular flexibility index (Phi) is 9.53. The summed E-state index contributed by atoms with van der Waals surface area (Å²) in [6.07, 6.45) is 2.13. The van der Waals surface area contributed by atoms with E-state index in [0.29, 0.717) is 25.0 Å². The SMILES string of the molecule is Bc1ccc2c(c1)C1(c3cc(B)ccc3-2)c2cc(OCC(C)CC)c(OCC(C)CC)cc2-c2c(-c3ccc(C(C)(C)C)cc3)ccc(C(C)(C)C)c21. The summed E-state index contributed by atoms with van der Waals surface area (Å²) >= 11 is 0. The van der Waals surface area contributed by atoms with Crippen LogP contribution >= 0.6 is 0 Å². The van der Waals surface area contributed by atoms with Crippen LogP contribution in [0.1, 0.15) is 115 Å². The zero-order valence-corrected chi connectivity index (χ0v) is 34.4. The van der Waals surface area contributed by atoms with Crippen LogP contribution in [0.15, 0.2) is 84.9 Å². The summed E-state index contributed by atoms with van der Waals surface area (Å²) in [5.41, 5.74) is 17.9. The summed E-state index contributed by atoms with van der Waals surface area (Å²) < 4.78 is 13.6. The first-order valence-corrected chi connectivity index (χ1v) is 20.1. The summed E-state index contributed by atoms with van der Waals surface area (Å²) in [4.78, 5) is 0. The van der Waals surface area contributed by atoms with Crippen molar-refractivity contribution >= 4 is 26.6 Å². The van der Waals surface area contributed by atoms with E-state index in [9.17, 15) is 0 Å². The van der Waals surface area contributed by atoms with Gasteiger partial charge in [0.1, 0.15) is 15.7 Å². The van der Waals surface area contributed by atoms with Crippen molar-refractivity contribution in [1.29, 1.82) is 0 Å². The normalized spacial score (nSPS) is 15.1. The van der Waals surface area contributed by atoms with Gasteiger partial charge in [-0.25, -0.2) is 0 Å². The zero-order valence-electron chi connectivity index (χ0n) is 34.4. The molecule has 0 amide bonds. The number of benzene rings is 5. The van der Waals surface area contributed by atoms with Crippen molar-refractivity contribution in [2.24, 2.45) is 11.8 Å². The van der Waals surface area contributed by atoms with Crippen molar-refractivity contribution in [3.8, 4) is 44.9 Å². The Morgan fingerprint density at radius 1 is 0.566 bits per heavy atom. The molecule has 0 aliphatic heterocycles. The lowest BCUT2D eigenvalue weighted by Crippen LogP contribution is -2.31. The minimum Gasteiger partial charge on any atom is -0.489 e. The average Bonchev–Trinajstić information content (AvgIpc) is 3.57. The predicted octanol–water partition coefficient (Wildman–Crippen LogP) is 9.66. The molecule has 53 heavy (non-hydrogen) atoms. The van der Waals surface area contributed by atoms with Gasteiger partial charge in [0.15, 0.2) is 11.5 Å². The van der Waals surface area contributed by atoms with Crippen molar-refractivity contribution in [3.05, 3.63) is 118 Å². The molecule has 0 heterocycles. The summed E-state index contributed by atoms with van der Waals surface area (Å²) in [7, 11) is 4.48. The van der Waals surface area contributed by atoms with Gasteiger partial charge in [-0.2, -0.15) is 0 Å². The average molecular weight is 701 g/mol. The predicted molar refractivity (Wildman–Crippen MR) is 232 cm³/mol. The van der Waals surface area contributed by atoms with E-state index in [-0.39, 0.29) is 10.8 Å². The Morgan fingerprint density at radius 2 is 1.06 bits per heavy atom. The molecule has 0 saturated carbocycles. The van der Waals surface area contributed by atoms with Crippen molar-refractivity contribution in [2.75, 3.05) is 13.2 Å². The van der Waals surface area contributed by atoms with Gasteiger partial charge in [-0.3, -0.25) is 0 Å². The molecule has 1 spiro atoms. The van der Waals surface area contributed by atoms with Gasteiger partial charge in [-0.1, -0.05) is 166 Å². The molecule has 4 heteroatoms. The summed E-state index contributed by atoms with van der Waals surface area (Å²) in [6.45, 7) is 24.3. The van der Waals surface area contributed by atoms with Crippen LogP contribution in [-0.2, 0) is 16.2 Å². The molecule has 7 rings (SSSR count). The molecule has 5 aromatic rings. The van der Waals surface area contributed by atoms with E-state index in [1.165, 1.54) is 77.7 Å². The lowest BCUT2D eigenvalue weighted by Gasteiger charge is -2.36. The van der Waals surface area contributed by atoms with Gasteiger partial charge in [0, 0.05) is 0 Å². The lowest BCUT2D eigenvalue weighted by atomic mass is 9.65. The fourth-order valence-electron chi connectivity index (χ4n) is 8.54. The summed E-state index contributed by atoms with van der Waals surface area (Å²) in [5, 5.41) is 0. The standard InChI is InChI=1S/C49H58B2O2/c1-11-29(3)27-52-43-25-38-42(26-44(43)53-28-30(4)12-2)49(40-23-33(50)17-19-36(40)37-20-18-34(51)24-41(37)49)46-39(48(8,9)10)22-21-35(45(38)46)31-13-15-32(16-14-31)47(5,6)7/h13-26,29-30H,11-12,27-28,50-51H2,1-10H3. The van der Waals surface area contributed by atoms with Gasteiger partial charge in [0.25, 0.3) is 0 Å². The van der Waals surface area contributed by atoms with Gasteiger partial charge < -0.3 is 9.47 Å². The Labute approximate surface area is 321 Å². The minimum absolute atomic E-state index is 0.0771. The van der Waals surface area contributed by atoms with Crippen LogP contribution in [0.3, 0.4) is 0 Å². The molecule has 2 unspecified atom stereocenters. The highest BCUT2D eigenvalue weighted by Crippen LogP contribution is 2.66. The highest BCUT2D eigenvalue weighted by Gasteiger charge is 2.54. The third-order valence-corrected chi connectivity index (χ3v) is 12.1. The zero-order chi connectivity index (χ0) is 38.0. The van der Waals surface area contributed by atoms with Crippen molar-refractivity contribution < 1.29 is 9.47 Å². The topological polar surface area (TPSA) is 18.5 Å². The maximum absolute atomic E-state index is 6.84. The molecular formula is C49H58B2O2. The Bertz CT molecular complexity index is 2130. The van der Waals surface area contributed by atoms with Gasteiger partial charge >= 0.3 is 0 Å². The molecule has 0 saturated heterocycles. The maximum Gasteiger partial charge on any atom is 0.161 e. The molecule has 0 N–H and O–H groups in total. The van der Waals surface area contributed by atoms with Crippen LogP contribution in [-0.4, -0.2) is 28.9 Å². The van der Waals surface area contributed by atoms with Crippen LogP contribution in [0.5, 0.6) is 11.5 Å². The van der Waals surface area contributed by atoms with Crippen LogP contribution in [0, 0.1) is 11.8 Å². The second-order valence-electron chi connectivity index (χ2n) is 18.3. The molecule has 2 nitrogen and oxygen atoms in total. The first-order valence-electron chi connectivity index (χ1n) is 20.1. The summed E-state index contributed by atoms with van der Waals surface area (Å²) in [6, 6.07) is 33.1. The number of rotatable bonds is 9. The maximum atomic E-state index is 6.84. The first-order chi connectivity index (χ1) is 25.1. The molecule has 0 bridgehead atoms. The van der Waals surface area contributed by atoms with E-state index >= 15 is 0 Å². The van der Waals surface area contributed by atoms with Crippen LogP contribution < -0.4 is 20.4 Å². The van der Waals surface area contributed by atoms with Gasteiger partial charge in [-0.05, 0) is 102 Å². The van der Waals surface area contributed by atoms with Crippen LogP contribution in [0.4, 0.5) is 0 Å². The third kappa shape index (κ3) is 6.25. The van der Waals surface area contributed by atoms with Crippen molar-refractivity contribution in [3.63, 3.8) is 0 Å². The number of fused-ring (bicyclic) bond motifs is 10. The van der Waals surface area contributed by atoms with Gasteiger partial charge in [0.2, 0.25) is 0 Å². The molecule has 5 aromatic carbocycles. The van der Waals surface area contributed by atoms with Crippen LogP contribution in [0.25, 0.3) is 33.4 Å². The van der Waals surface area contributed by atoms with E-state index in [2.05, 4.69) is 170 Å². The molecule has 272 valence electrons. The third-order valence-electron chi connectivity index (χ3n) is 12.1. The highest BCUT2D eigenvalue weighted by atomic mass is 16.5. The first kappa shape index (κ1) is 37.2. The molecule has 0 fully saturated rings. The Hall–Kier alpha value is -4.17. The summed E-state index contributed by atoms with van der Waals surface area (Å²) in [5.74, 6) is 2.57. The highest BCUT2D eigenvalue weighted by molar-refractivity contribution is 6.33. The molecule has 2 atom stereocenters. The van der Waals surface area contributed by atoms with Gasteiger partial charge in [0.05, 0.1) is 18.6 Å². The fourth-order valence-corrected chi connectivity index (χ4v) is 8.54. The van der Waals surface area contributed by atoms with Crippen LogP contribution in [0.2, 0.25) is 0 Å². The molecule has 2 aliphatic rings.